The average molecular weight is 394 g/mol. The number of rotatable bonds is 4. The van der Waals surface area contributed by atoms with E-state index < -0.39 is 0 Å². The molecule has 0 saturated carbocycles. The van der Waals surface area contributed by atoms with Crippen molar-refractivity contribution in [1.29, 1.82) is 0 Å². The molecule has 1 aromatic carbocycles. The SMILES string of the molecule is COc1c([C@H]2CC(=O)Nc3c2ncn3-c2cccnc2)cc2c(c1OC)OCO2. The van der Waals surface area contributed by atoms with Crippen LogP contribution in [-0.4, -0.2) is 41.5 Å². The molecular weight excluding hydrogens is 376 g/mol. The lowest BCUT2D eigenvalue weighted by Gasteiger charge is -2.25. The third-order valence-electron chi connectivity index (χ3n) is 5.08. The number of nitrogens with one attached hydrogen (secondary N) is 1. The number of benzene rings is 1. The number of ether oxygens (including phenoxy) is 4. The van der Waals surface area contributed by atoms with Crippen LogP contribution in [0.3, 0.4) is 0 Å². The van der Waals surface area contributed by atoms with E-state index in [2.05, 4.69) is 15.3 Å². The van der Waals surface area contributed by atoms with Gasteiger partial charge in [-0.2, -0.15) is 0 Å². The van der Waals surface area contributed by atoms with E-state index in [9.17, 15) is 4.79 Å². The number of imidazole rings is 1. The maximum atomic E-state index is 12.6. The predicted octanol–water partition coefficient (Wildman–Crippen LogP) is 2.49. The summed E-state index contributed by atoms with van der Waals surface area (Å²) in [6, 6.07) is 5.56. The molecule has 148 valence electrons. The summed E-state index contributed by atoms with van der Waals surface area (Å²) in [4.78, 5) is 21.3. The first-order chi connectivity index (χ1) is 14.2. The zero-order valence-electron chi connectivity index (χ0n) is 15.8. The Hall–Kier alpha value is -3.75. The van der Waals surface area contributed by atoms with Crippen LogP contribution in [0.25, 0.3) is 5.69 Å². The molecule has 0 bridgehead atoms. The van der Waals surface area contributed by atoms with Gasteiger partial charge in [-0.15, -0.1) is 0 Å². The molecule has 0 fully saturated rings. The summed E-state index contributed by atoms with van der Waals surface area (Å²) in [7, 11) is 3.10. The normalized spacial score (nSPS) is 16.9. The van der Waals surface area contributed by atoms with E-state index in [1.807, 2.05) is 22.8 Å². The molecule has 29 heavy (non-hydrogen) atoms. The molecule has 1 atom stereocenters. The summed E-state index contributed by atoms with van der Waals surface area (Å²) in [5.74, 6) is 2.14. The summed E-state index contributed by atoms with van der Waals surface area (Å²) in [5.41, 5.74) is 2.28. The molecule has 9 heteroatoms. The minimum Gasteiger partial charge on any atom is -0.492 e. The Morgan fingerprint density at radius 3 is 2.86 bits per heavy atom. The highest BCUT2D eigenvalue weighted by Gasteiger charge is 2.36. The molecule has 0 saturated heterocycles. The van der Waals surface area contributed by atoms with Crippen molar-refractivity contribution in [3.63, 3.8) is 0 Å². The topological polar surface area (TPSA) is 96.7 Å². The van der Waals surface area contributed by atoms with Gasteiger partial charge in [0.25, 0.3) is 0 Å². The van der Waals surface area contributed by atoms with Gasteiger partial charge in [-0.3, -0.25) is 14.3 Å². The van der Waals surface area contributed by atoms with Crippen LogP contribution in [0.2, 0.25) is 0 Å². The van der Waals surface area contributed by atoms with Gasteiger partial charge in [0.05, 0.1) is 31.8 Å². The number of fused-ring (bicyclic) bond motifs is 2. The summed E-state index contributed by atoms with van der Waals surface area (Å²) < 4.78 is 24.1. The number of hydrogen-bond donors (Lipinski definition) is 1. The van der Waals surface area contributed by atoms with Gasteiger partial charge in [-0.1, -0.05) is 0 Å². The Bertz CT molecular complexity index is 1100. The predicted molar refractivity (Wildman–Crippen MR) is 102 cm³/mol. The highest BCUT2D eigenvalue weighted by atomic mass is 16.7. The zero-order chi connectivity index (χ0) is 20.0. The molecule has 0 spiro atoms. The lowest BCUT2D eigenvalue weighted by molar-refractivity contribution is -0.116. The van der Waals surface area contributed by atoms with Crippen LogP contribution in [0.1, 0.15) is 23.6 Å². The van der Waals surface area contributed by atoms with Gasteiger partial charge in [-0.25, -0.2) is 4.98 Å². The van der Waals surface area contributed by atoms with E-state index in [0.717, 1.165) is 16.9 Å². The smallest absolute Gasteiger partial charge is 0.231 e. The fraction of sp³-hybridized carbons (Fsp3) is 0.250. The number of carbonyl (C=O) groups is 1. The van der Waals surface area contributed by atoms with Crippen molar-refractivity contribution in [1.82, 2.24) is 14.5 Å². The van der Waals surface area contributed by atoms with Gasteiger partial charge >= 0.3 is 0 Å². The van der Waals surface area contributed by atoms with Crippen molar-refractivity contribution in [2.75, 3.05) is 26.3 Å². The van der Waals surface area contributed by atoms with Crippen molar-refractivity contribution in [2.24, 2.45) is 0 Å². The minimum atomic E-state index is -0.338. The number of hydrogen-bond acceptors (Lipinski definition) is 7. The van der Waals surface area contributed by atoms with E-state index in [1.54, 1.807) is 32.9 Å². The van der Waals surface area contributed by atoms with Crippen LogP contribution < -0.4 is 24.3 Å². The number of carbonyl (C=O) groups excluding carboxylic acids is 1. The maximum absolute atomic E-state index is 12.6. The van der Waals surface area contributed by atoms with Crippen LogP contribution in [0, 0.1) is 0 Å². The van der Waals surface area contributed by atoms with Gasteiger partial charge in [0.2, 0.25) is 24.2 Å². The van der Waals surface area contributed by atoms with Crippen molar-refractivity contribution in [3.8, 4) is 28.7 Å². The Kier molecular flexibility index (Phi) is 4.01. The Morgan fingerprint density at radius 1 is 1.24 bits per heavy atom. The summed E-state index contributed by atoms with van der Waals surface area (Å²) >= 11 is 0. The van der Waals surface area contributed by atoms with Crippen molar-refractivity contribution >= 4 is 11.7 Å². The highest BCUT2D eigenvalue weighted by molar-refractivity contribution is 5.94. The first-order valence-electron chi connectivity index (χ1n) is 9.03. The minimum absolute atomic E-state index is 0.102. The Balaban J connectivity index is 1.68. The van der Waals surface area contributed by atoms with E-state index in [1.165, 1.54) is 0 Å². The fourth-order valence-electron chi connectivity index (χ4n) is 3.82. The van der Waals surface area contributed by atoms with Crippen LogP contribution in [-0.2, 0) is 4.79 Å². The largest absolute Gasteiger partial charge is 0.492 e. The monoisotopic (exact) mass is 394 g/mol. The first kappa shape index (κ1) is 17.4. The van der Waals surface area contributed by atoms with E-state index >= 15 is 0 Å². The Labute approximate surface area is 166 Å². The molecule has 9 nitrogen and oxygen atoms in total. The second-order valence-corrected chi connectivity index (χ2v) is 6.63. The second kappa shape index (κ2) is 6.69. The molecule has 0 radical (unpaired) electrons. The van der Waals surface area contributed by atoms with Crippen LogP contribution in [0.5, 0.6) is 23.0 Å². The molecule has 1 N–H and O–H groups in total. The fourth-order valence-corrected chi connectivity index (χ4v) is 3.82. The lowest BCUT2D eigenvalue weighted by atomic mass is 9.88. The van der Waals surface area contributed by atoms with Gasteiger partial charge in [0.1, 0.15) is 12.1 Å². The number of pyridine rings is 1. The molecule has 4 heterocycles. The van der Waals surface area contributed by atoms with E-state index in [0.29, 0.717) is 28.8 Å². The number of methoxy groups -OCH3 is 2. The van der Waals surface area contributed by atoms with Crippen LogP contribution in [0.15, 0.2) is 36.9 Å². The quantitative estimate of drug-likeness (QED) is 0.726. The molecule has 3 aromatic rings. The van der Waals surface area contributed by atoms with E-state index in [4.69, 9.17) is 18.9 Å². The molecular formula is C20H18N4O5. The van der Waals surface area contributed by atoms with Gasteiger partial charge in [0, 0.05) is 24.1 Å². The Morgan fingerprint density at radius 2 is 2.10 bits per heavy atom. The highest BCUT2D eigenvalue weighted by Crippen LogP contribution is 2.53. The lowest BCUT2D eigenvalue weighted by Crippen LogP contribution is -2.25. The molecule has 2 aliphatic rings. The standard InChI is InChI=1S/C20H18N4O5/c1-26-17-13(6-14-18(19(17)27-2)29-10-28-14)12-7-15(25)23-20-16(12)22-9-24(20)11-4-3-5-21-8-11/h3-6,8-9,12H,7,10H2,1-2H3,(H,23,25)/t12-/m1/s1. The number of nitrogens with zero attached hydrogens (tertiary/aromatic N) is 3. The van der Waals surface area contributed by atoms with Crippen molar-refractivity contribution in [3.05, 3.63) is 48.2 Å². The van der Waals surface area contributed by atoms with Crippen LogP contribution >= 0.6 is 0 Å². The van der Waals surface area contributed by atoms with Crippen LogP contribution in [0.4, 0.5) is 5.82 Å². The molecule has 0 aliphatic carbocycles. The molecule has 1 amide bonds. The molecule has 2 aromatic heterocycles. The summed E-state index contributed by atoms with van der Waals surface area (Å²) in [5, 5.41) is 2.93. The molecule has 5 rings (SSSR count). The average Bonchev–Trinajstić information content (AvgIpc) is 3.39. The summed E-state index contributed by atoms with van der Waals surface area (Å²) in [6.45, 7) is 0.102. The molecule has 0 unspecified atom stereocenters. The molecule has 2 aliphatic heterocycles. The maximum Gasteiger partial charge on any atom is 0.231 e. The van der Waals surface area contributed by atoms with Gasteiger partial charge in [-0.05, 0) is 18.2 Å². The number of amides is 1. The van der Waals surface area contributed by atoms with E-state index in [-0.39, 0.29) is 25.0 Å². The second-order valence-electron chi connectivity index (χ2n) is 6.63. The first-order valence-corrected chi connectivity index (χ1v) is 9.03. The number of aromatic nitrogens is 3. The zero-order valence-corrected chi connectivity index (χ0v) is 15.8. The number of anilines is 1. The van der Waals surface area contributed by atoms with Crippen molar-refractivity contribution < 1.29 is 23.7 Å². The summed E-state index contributed by atoms with van der Waals surface area (Å²) in [6.07, 6.45) is 5.30. The third kappa shape index (κ3) is 2.65. The van der Waals surface area contributed by atoms with Gasteiger partial charge in [0.15, 0.2) is 11.5 Å². The van der Waals surface area contributed by atoms with Gasteiger partial charge < -0.3 is 24.3 Å². The third-order valence-corrected chi connectivity index (χ3v) is 5.08. The van der Waals surface area contributed by atoms with Crippen molar-refractivity contribution in [2.45, 2.75) is 12.3 Å².